The first-order valence-electron chi connectivity index (χ1n) is 5.50. The van der Waals surface area contributed by atoms with Gasteiger partial charge in [-0.25, -0.2) is 0 Å². The minimum atomic E-state index is 0.515. The first-order valence-corrected chi connectivity index (χ1v) is 6.32. The number of piperidine rings is 1. The minimum Gasteiger partial charge on any atom is -0.357 e. The van der Waals surface area contributed by atoms with Crippen LogP contribution in [0.5, 0.6) is 0 Å². The third-order valence-corrected chi connectivity index (χ3v) is 3.53. The number of nitrogens with zero attached hydrogens (tertiary/aromatic N) is 3. The molecule has 1 aromatic heterocycles. The number of rotatable bonds is 3. The zero-order valence-electron chi connectivity index (χ0n) is 9.44. The van der Waals surface area contributed by atoms with Gasteiger partial charge in [0.15, 0.2) is 0 Å². The van der Waals surface area contributed by atoms with Gasteiger partial charge in [-0.05, 0) is 19.8 Å². The molecule has 86 valence electrons. The fourth-order valence-corrected chi connectivity index (χ4v) is 2.56. The topological polar surface area (TPSA) is 41.0 Å². The minimum absolute atomic E-state index is 0.515. The van der Waals surface area contributed by atoms with Gasteiger partial charge in [0.1, 0.15) is 5.01 Å². The molecule has 16 heavy (non-hydrogen) atoms. The molecule has 0 aliphatic carbocycles. The first-order chi connectivity index (χ1) is 7.78. The lowest BCUT2D eigenvalue weighted by Crippen LogP contribution is -2.39. The Morgan fingerprint density at radius 2 is 2.25 bits per heavy atom. The van der Waals surface area contributed by atoms with E-state index in [4.69, 9.17) is 6.42 Å². The molecule has 0 aromatic carbocycles. The predicted molar refractivity (Wildman–Crippen MR) is 66.6 cm³/mol. The molecular formula is C11H16N4S. The molecular weight excluding hydrogens is 220 g/mol. The summed E-state index contributed by atoms with van der Waals surface area (Å²) in [5, 5.41) is 13.4. The van der Waals surface area contributed by atoms with Crippen molar-refractivity contribution in [2.45, 2.75) is 25.8 Å². The Morgan fingerprint density at radius 3 is 2.81 bits per heavy atom. The van der Waals surface area contributed by atoms with E-state index in [0.29, 0.717) is 6.04 Å². The van der Waals surface area contributed by atoms with Crippen LogP contribution in [0.15, 0.2) is 0 Å². The van der Waals surface area contributed by atoms with Crippen LogP contribution in [-0.2, 0) is 0 Å². The third kappa shape index (κ3) is 2.94. The molecule has 1 N–H and O–H groups in total. The fourth-order valence-electron chi connectivity index (χ4n) is 1.89. The fraction of sp³-hybridized carbons (Fsp3) is 0.636. The summed E-state index contributed by atoms with van der Waals surface area (Å²) in [4.78, 5) is 2.31. The second-order valence-corrected chi connectivity index (χ2v) is 5.21. The lowest BCUT2D eigenvalue weighted by Gasteiger charge is -2.30. The lowest BCUT2D eigenvalue weighted by atomic mass is 10.1. The molecule has 0 unspecified atom stereocenters. The van der Waals surface area contributed by atoms with Gasteiger partial charge in [0.05, 0.1) is 6.54 Å². The van der Waals surface area contributed by atoms with Crippen molar-refractivity contribution in [2.24, 2.45) is 0 Å². The number of hydrogen-bond acceptors (Lipinski definition) is 5. The molecule has 1 fully saturated rings. The van der Waals surface area contributed by atoms with Crippen LogP contribution in [0.4, 0.5) is 5.13 Å². The Morgan fingerprint density at radius 1 is 1.50 bits per heavy atom. The van der Waals surface area contributed by atoms with Crippen LogP contribution in [0.2, 0.25) is 0 Å². The quantitative estimate of drug-likeness (QED) is 0.805. The standard InChI is InChI=1S/C11H16N4S/c1-3-6-15-7-4-10(5-8-15)12-11-14-13-9(2)16-11/h1,10H,4-8H2,2H3,(H,12,14). The molecule has 1 aliphatic rings. The third-order valence-electron chi connectivity index (χ3n) is 2.76. The summed E-state index contributed by atoms with van der Waals surface area (Å²) < 4.78 is 0. The van der Waals surface area contributed by atoms with Crippen molar-refractivity contribution in [3.8, 4) is 12.3 Å². The van der Waals surface area contributed by atoms with Gasteiger partial charge in [0.2, 0.25) is 5.13 Å². The zero-order valence-corrected chi connectivity index (χ0v) is 10.3. The van der Waals surface area contributed by atoms with Gasteiger partial charge in [-0.3, -0.25) is 4.90 Å². The Balaban J connectivity index is 1.79. The number of likely N-dealkylation sites (tertiary alicyclic amines) is 1. The van der Waals surface area contributed by atoms with Crippen LogP contribution in [-0.4, -0.2) is 40.8 Å². The largest absolute Gasteiger partial charge is 0.357 e. The molecule has 2 heterocycles. The van der Waals surface area contributed by atoms with Crippen molar-refractivity contribution in [3.63, 3.8) is 0 Å². The second kappa shape index (κ2) is 5.28. The Labute approximate surface area is 100 Å². The summed E-state index contributed by atoms with van der Waals surface area (Å²) in [7, 11) is 0. The van der Waals surface area contributed by atoms with E-state index in [-0.39, 0.29) is 0 Å². The van der Waals surface area contributed by atoms with E-state index in [9.17, 15) is 0 Å². The average molecular weight is 236 g/mol. The Hall–Kier alpha value is -1.12. The van der Waals surface area contributed by atoms with Crippen LogP contribution in [0.25, 0.3) is 0 Å². The smallest absolute Gasteiger partial charge is 0.205 e. The highest BCUT2D eigenvalue weighted by Gasteiger charge is 2.19. The zero-order chi connectivity index (χ0) is 11.4. The van der Waals surface area contributed by atoms with Gasteiger partial charge in [0.25, 0.3) is 0 Å². The van der Waals surface area contributed by atoms with Gasteiger partial charge in [-0.2, -0.15) is 0 Å². The molecule has 0 saturated carbocycles. The SMILES string of the molecule is C#CCN1CCC(Nc2nnc(C)s2)CC1. The van der Waals surface area contributed by atoms with Gasteiger partial charge in [-0.15, -0.1) is 16.6 Å². The van der Waals surface area contributed by atoms with E-state index in [1.165, 1.54) is 0 Å². The summed E-state index contributed by atoms with van der Waals surface area (Å²) in [6, 6.07) is 0.515. The number of anilines is 1. The maximum atomic E-state index is 5.30. The van der Waals surface area contributed by atoms with E-state index in [1.807, 2.05) is 6.92 Å². The molecule has 0 bridgehead atoms. The lowest BCUT2D eigenvalue weighted by molar-refractivity contribution is 0.243. The highest BCUT2D eigenvalue weighted by molar-refractivity contribution is 7.15. The molecule has 1 saturated heterocycles. The molecule has 0 radical (unpaired) electrons. The number of aromatic nitrogens is 2. The van der Waals surface area contributed by atoms with Gasteiger partial charge >= 0.3 is 0 Å². The van der Waals surface area contributed by atoms with E-state index < -0.39 is 0 Å². The average Bonchev–Trinajstić information content (AvgIpc) is 2.67. The van der Waals surface area contributed by atoms with E-state index >= 15 is 0 Å². The van der Waals surface area contributed by atoms with Crippen molar-refractivity contribution in [1.82, 2.24) is 15.1 Å². The monoisotopic (exact) mass is 236 g/mol. The molecule has 2 rings (SSSR count). The van der Waals surface area contributed by atoms with Crippen LogP contribution in [0, 0.1) is 19.3 Å². The summed E-state index contributed by atoms with van der Waals surface area (Å²) in [6.07, 6.45) is 7.55. The van der Waals surface area contributed by atoms with Crippen LogP contribution in [0.3, 0.4) is 0 Å². The van der Waals surface area contributed by atoms with E-state index in [1.54, 1.807) is 11.3 Å². The number of nitrogens with one attached hydrogen (secondary N) is 1. The molecule has 0 atom stereocenters. The van der Waals surface area contributed by atoms with Crippen molar-refractivity contribution < 1.29 is 0 Å². The van der Waals surface area contributed by atoms with Gasteiger partial charge in [-0.1, -0.05) is 17.3 Å². The Bertz CT molecular complexity index is 374. The second-order valence-electron chi connectivity index (χ2n) is 4.03. The number of terminal acetylenes is 1. The van der Waals surface area contributed by atoms with Crippen LogP contribution >= 0.6 is 11.3 Å². The normalized spacial score (nSPS) is 18.2. The van der Waals surface area contributed by atoms with Crippen molar-refractivity contribution in [1.29, 1.82) is 0 Å². The van der Waals surface area contributed by atoms with Gasteiger partial charge in [0, 0.05) is 19.1 Å². The molecule has 1 aliphatic heterocycles. The maximum absolute atomic E-state index is 5.30. The van der Waals surface area contributed by atoms with E-state index in [2.05, 4.69) is 26.3 Å². The van der Waals surface area contributed by atoms with Crippen LogP contribution in [0.1, 0.15) is 17.8 Å². The molecule has 1 aromatic rings. The molecule has 5 heteroatoms. The summed E-state index contributed by atoms with van der Waals surface area (Å²) >= 11 is 1.61. The molecule has 0 amide bonds. The van der Waals surface area contributed by atoms with E-state index in [0.717, 1.165) is 42.6 Å². The van der Waals surface area contributed by atoms with Crippen LogP contribution < -0.4 is 5.32 Å². The molecule has 0 spiro atoms. The summed E-state index contributed by atoms with van der Waals surface area (Å²) in [5.41, 5.74) is 0. The number of aryl methyl sites for hydroxylation is 1. The predicted octanol–water partition coefficient (Wildman–Crippen LogP) is 1.36. The van der Waals surface area contributed by atoms with Crippen molar-refractivity contribution in [3.05, 3.63) is 5.01 Å². The Kier molecular flexibility index (Phi) is 3.75. The molecule has 4 nitrogen and oxygen atoms in total. The highest BCUT2D eigenvalue weighted by atomic mass is 32.1. The maximum Gasteiger partial charge on any atom is 0.205 e. The van der Waals surface area contributed by atoms with Gasteiger partial charge < -0.3 is 5.32 Å². The first kappa shape index (κ1) is 11.4. The summed E-state index contributed by atoms with van der Waals surface area (Å²) in [6.45, 7) is 4.88. The van der Waals surface area contributed by atoms with Crippen molar-refractivity contribution >= 4 is 16.5 Å². The van der Waals surface area contributed by atoms with Crippen molar-refractivity contribution in [2.75, 3.05) is 25.0 Å². The summed E-state index contributed by atoms with van der Waals surface area (Å²) in [5.74, 6) is 2.69. The number of hydrogen-bond donors (Lipinski definition) is 1. The highest BCUT2D eigenvalue weighted by Crippen LogP contribution is 2.19.